The highest BCUT2D eigenvalue weighted by Crippen LogP contribution is 2.20. The lowest BCUT2D eigenvalue weighted by atomic mass is 10.3. The van der Waals surface area contributed by atoms with Crippen molar-refractivity contribution in [2.75, 3.05) is 0 Å². The average molecular weight is 789 g/mol. The van der Waals surface area contributed by atoms with Crippen molar-refractivity contribution in [1.82, 2.24) is 19.9 Å². The Bertz CT molecular complexity index is 2160. The van der Waals surface area contributed by atoms with Gasteiger partial charge in [-0.25, -0.2) is 0 Å². The molecule has 0 bridgehead atoms. The summed E-state index contributed by atoms with van der Waals surface area (Å²) in [4.78, 5) is 19.5. The molecule has 8 rings (SSSR count). The van der Waals surface area contributed by atoms with E-state index in [-0.39, 0.29) is 0 Å². The molecule has 4 nitrogen and oxygen atoms in total. The van der Waals surface area contributed by atoms with Crippen molar-refractivity contribution in [3.05, 3.63) is 240 Å². The third-order valence-electron chi connectivity index (χ3n) is 11.0. The first kappa shape index (κ1) is 40.1. The SMILES string of the molecule is Cc1cccc(C[Si](Cc2cccc(C)n2)(c2ccccc2)c2ccccc2)n1.Cc1cccc(C[Si](Cc2cccc(C)n2)(c2ccccc2)c2ccccc2)n1. The number of hydrogen-bond donors (Lipinski definition) is 0. The summed E-state index contributed by atoms with van der Waals surface area (Å²) in [5.74, 6) is 0. The van der Waals surface area contributed by atoms with Gasteiger partial charge in [0.25, 0.3) is 0 Å². The van der Waals surface area contributed by atoms with E-state index < -0.39 is 16.1 Å². The van der Waals surface area contributed by atoms with Crippen molar-refractivity contribution >= 4 is 36.9 Å². The largest absolute Gasteiger partial charge is 0.258 e. The zero-order chi connectivity index (χ0) is 40.2. The molecule has 0 unspecified atom stereocenters. The molecule has 0 fully saturated rings. The van der Waals surface area contributed by atoms with E-state index in [0.29, 0.717) is 0 Å². The van der Waals surface area contributed by atoms with E-state index in [9.17, 15) is 0 Å². The first-order valence-electron chi connectivity index (χ1n) is 20.2. The number of pyridine rings is 4. The van der Waals surface area contributed by atoms with Crippen LogP contribution in [0, 0.1) is 27.7 Å². The maximum absolute atomic E-state index is 4.88. The van der Waals surface area contributed by atoms with Crippen molar-refractivity contribution in [3.63, 3.8) is 0 Å². The zero-order valence-corrected chi connectivity index (χ0v) is 36.1. The average Bonchev–Trinajstić information content (AvgIpc) is 3.25. The van der Waals surface area contributed by atoms with Crippen LogP contribution >= 0.6 is 0 Å². The summed E-state index contributed by atoms with van der Waals surface area (Å²) in [6, 6.07) is 73.3. The zero-order valence-electron chi connectivity index (χ0n) is 34.1. The maximum Gasteiger partial charge on any atom is 0.129 e. The Balaban J connectivity index is 0.000000177. The van der Waals surface area contributed by atoms with E-state index in [2.05, 4.69) is 222 Å². The maximum atomic E-state index is 4.88. The van der Waals surface area contributed by atoms with E-state index in [1.807, 2.05) is 0 Å². The molecule has 4 heterocycles. The van der Waals surface area contributed by atoms with Gasteiger partial charge in [-0.3, -0.25) is 19.9 Å². The monoisotopic (exact) mass is 788 g/mol. The number of rotatable bonds is 12. The number of aryl methyl sites for hydroxylation is 4. The van der Waals surface area contributed by atoms with Gasteiger partial charge in [-0.15, -0.1) is 0 Å². The van der Waals surface area contributed by atoms with E-state index in [0.717, 1.165) is 69.7 Å². The first-order valence-corrected chi connectivity index (χ1v) is 25.1. The normalized spacial score (nSPS) is 11.4. The number of aromatic nitrogens is 4. The van der Waals surface area contributed by atoms with E-state index >= 15 is 0 Å². The molecular formula is C52H52N4Si2. The minimum Gasteiger partial charge on any atom is -0.258 e. The van der Waals surface area contributed by atoms with Crippen LogP contribution in [0.5, 0.6) is 0 Å². The van der Waals surface area contributed by atoms with Gasteiger partial charge in [-0.2, -0.15) is 0 Å². The summed E-state index contributed by atoms with van der Waals surface area (Å²) >= 11 is 0. The van der Waals surface area contributed by atoms with Crippen LogP contribution in [0.1, 0.15) is 45.6 Å². The summed E-state index contributed by atoms with van der Waals surface area (Å²) < 4.78 is 0. The van der Waals surface area contributed by atoms with E-state index in [1.165, 1.54) is 20.7 Å². The van der Waals surface area contributed by atoms with Crippen molar-refractivity contribution in [2.24, 2.45) is 0 Å². The lowest BCUT2D eigenvalue weighted by molar-refractivity contribution is 1.05. The third kappa shape index (κ3) is 9.89. The molecule has 0 saturated heterocycles. The molecule has 0 aliphatic heterocycles. The number of nitrogens with zero attached hydrogens (tertiary/aromatic N) is 4. The summed E-state index contributed by atoms with van der Waals surface area (Å²) in [6.07, 6.45) is 0. The third-order valence-corrected chi connectivity index (χ3v) is 20.6. The molecule has 0 aliphatic rings. The van der Waals surface area contributed by atoms with Crippen LogP contribution < -0.4 is 20.7 Å². The molecule has 4 aromatic carbocycles. The number of benzene rings is 4. The molecule has 0 amide bonds. The van der Waals surface area contributed by atoms with Crippen LogP contribution in [-0.2, 0) is 24.2 Å². The van der Waals surface area contributed by atoms with Gasteiger partial charge in [-0.1, -0.05) is 166 Å². The van der Waals surface area contributed by atoms with Gasteiger partial charge in [0.15, 0.2) is 0 Å². The lowest BCUT2D eigenvalue weighted by Gasteiger charge is -2.33. The molecule has 0 N–H and O–H groups in total. The van der Waals surface area contributed by atoms with Crippen molar-refractivity contribution in [2.45, 2.75) is 51.9 Å². The Morgan fingerprint density at radius 1 is 0.259 bits per heavy atom. The Kier molecular flexibility index (Phi) is 13.1. The summed E-state index contributed by atoms with van der Waals surface area (Å²) in [6.45, 7) is 8.28. The molecular weight excluding hydrogens is 737 g/mol. The lowest BCUT2D eigenvalue weighted by Crippen LogP contribution is -2.62. The Morgan fingerprint density at radius 2 is 0.466 bits per heavy atom. The quantitative estimate of drug-likeness (QED) is 0.117. The highest BCUT2D eigenvalue weighted by molar-refractivity contribution is 7.01. The van der Waals surface area contributed by atoms with Crippen molar-refractivity contribution < 1.29 is 0 Å². The number of hydrogen-bond acceptors (Lipinski definition) is 4. The first-order chi connectivity index (χ1) is 28.3. The second kappa shape index (κ2) is 18.9. The smallest absolute Gasteiger partial charge is 0.129 e. The molecule has 288 valence electrons. The molecule has 0 radical (unpaired) electrons. The predicted octanol–water partition coefficient (Wildman–Crippen LogP) is 8.44. The molecule has 6 heteroatoms. The van der Waals surface area contributed by atoms with Crippen LogP contribution in [-0.4, -0.2) is 36.1 Å². The van der Waals surface area contributed by atoms with Crippen LogP contribution in [0.3, 0.4) is 0 Å². The van der Waals surface area contributed by atoms with Crippen LogP contribution in [0.4, 0.5) is 0 Å². The highest BCUT2D eigenvalue weighted by atomic mass is 28.3. The summed E-state index contributed by atoms with van der Waals surface area (Å²) in [5, 5.41) is 5.71. The van der Waals surface area contributed by atoms with Crippen LogP contribution in [0.2, 0.25) is 0 Å². The minimum atomic E-state index is -2.20. The molecule has 0 aliphatic carbocycles. The molecule has 0 atom stereocenters. The van der Waals surface area contributed by atoms with Crippen LogP contribution in [0.15, 0.2) is 194 Å². The van der Waals surface area contributed by atoms with Crippen molar-refractivity contribution in [3.8, 4) is 0 Å². The van der Waals surface area contributed by atoms with Gasteiger partial charge in [0.2, 0.25) is 0 Å². The minimum absolute atomic E-state index is 0.957. The predicted molar refractivity (Wildman–Crippen MR) is 247 cm³/mol. The topological polar surface area (TPSA) is 51.6 Å². The Labute approximate surface area is 346 Å². The van der Waals surface area contributed by atoms with E-state index in [4.69, 9.17) is 19.9 Å². The van der Waals surface area contributed by atoms with E-state index in [1.54, 1.807) is 0 Å². The summed E-state index contributed by atoms with van der Waals surface area (Å²) in [7, 11) is -4.40. The molecule has 58 heavy (non-hydrogen) atoms. The molecule has 0 saturated carbocycles. The molecule has 4 aromatic heterocycles. The Hall–Kier alpha value is -6.09. The van der Waals surface area contributed by atoms with Gasteiger partial charge in [0.05, 0.1) is 0 Å². The molecule has 8 aromatic rings. The van der Waals surface area contributed by atoms with Gasteiger partial charge in [-0.05, 0) is 100 Å². The van der Waals surface area contributed by atoms with Gasteiger partial charge >= 0.3 is 0 Å². The fourth-order valence-electron chi connectivity index (χ4n) is 8.33. The van der Waals surface area contributed by atoms with Gasteiger partial charge in [0.1, 0.15) is 16.1 Å². The summed E-state index contributed by atoms with van der Waals surface area (Å²) in [5.41, 5.74) is 8.93. The second-order valence-electron chi connectivity index (χ2n) is 15.4. The molecule has 0 spiro atoms. The second-order valence-corrected chi connectivity index (χ2v) is 23.5. The fourth-order valence-corrected chi connectivity index (χ4v) is 17.5. The van der Waals surface area contributed by atoms with Crippen LogP contribution in [0.25, 0.3) is 0 Å². The van der Waals surface area contributed by atoms with Gasteiger partial charge < -0.3 is 0 Å². The standard InChI is InChI=1S/2C26H26N2Si/c2*1-21-11-9-13-23(27-21)19-29(25-15-5-3-6-16-25,26-17-7-4-8-18-26)20-24-14-10-12-22(2)28-24/h2*3-18H,19-20H2,1-2H3. The van der Waals surface area contributed by atoms with Gasteiger partial charge in [0, 0.05) is 45.6 Å². The Morgan fingerprint density at radius 3 is 0.655 bits per heavy atom. The van der Waals surface area contributed by atoms with Crippen molar-refractivity contribution in [1.29, 1.82) is 0 Å². The highest BCUT2D eigenvalue weighted by Gasteiger charge is 2.40. The fraction of sp³-hybridized carbons (Fsp3) is 0.154.